The van der Waals surface area contributed by atoms with E-state index >= 15 is 0 Å². The molecular formula is C23H28ClN3O6. The molecule has 1 fully saturated rings. The maximum Gasteiger partial charge on any atom is 0.332 e. The minimum Gasteiger partial charge on any atom is -0.478 e. The molecule has 1 amide bonds. The van der Waals surface area contributed by atoms with Crippen LogP contribution in [0.1, 0.15) is 47.3 Å². The number of carbonyl (C=O) groups is 3. The Morgan fingerprint density at radius 2 is 1.85 bits per heavy atom. The first-order chi connectivity index (χ1) is 17.9. The molecule has 1 aliphatic rings. The SMILES string of the molecule is O=C(O)/C=C/C(=O)O.[2H]C([2H])([2H])C1(C([2H])([2H])[2H])COC(C)(CCCc2ccc(Cl)cc2)N1C(=O)n1ccnc1. The number of carboxylic acid groups (broad SMARTS) is 2. The normalized spacial score (nSPS) is 22.7. The number of hydrogen-bond donors (Lipinski definition) is 2. The average molecular weight is 484 g/mol. The van der Waals surface area contributed by atoms with E-state index in [1.54, 1.807) is 19.1 Å². The Labute approximate surface area is 205 Å². The Bertz CT molecular complexity index is 1150. The predicted molar refractivity (Wildman–Crippen MR) is 122 cm³/mol. The van der Waals surface area contributed by atoms with Gasteiger partial charge in [0.2, 0.25) is 0 Å². The van der Waals surface area contributed by atoms with Crippen molar-refractivity contribution in [1.29, 1.82) is 0 Å². The summed E-state index contributed by atoms with van der Waals surface area (Å²) in [6.07, 6.45) is 6.42. The maximum absolute atomic E-state index is 13.4. The first-order valence-corrected chi connectivity index (χ1v) is 10.2. The number of rotatable bonds is 6. The molecule has 1 atom stereocenters. The van der Waals surface area contributed by atoms with Crippen molar-refractivity contribution < 1.29 is 37.6 Å². The second kappa shape index (κ2) is 11.1. The molecule has 1 unspecified atom stereocenters. The van der Waals surface area contributed by atoms with Gasteiger partial charge in [-0.2, -0.15) is 0 Å². The summed E-state index contributed by atoms with van der Waals surface area (Å²) in [6, 6.07) is 6.49. The summed E-state index contributed by atoms with van der Waals surface area (Å²) in [5.74, 6) is -2.51. The molecule has 0 bridgehead atoms. The lowest BCUT2D eigenvalue weighted by Crippen LogP contribution is -2.55. The molecule has 1 aromatic heterocycles. The van der Waals surface area contributed by atoms with Gasteiger partial charge in [-0.05, 0) is 57.6 Å². The summed E-state index contributed by atoms with van der Waals surface area (Å²) >= 11 is 5.91. The zero-order valence-electron chi connectivity index (χ0n) is 23.8. The Morgan fingerprint density at radius 3 is 2.36 bits per heavy atom. The van der Waals surface area contributed by atoms with Crippen molar-refractivity contribution in [2.45, 2.75) is 51.2 Å². The number of hydrogen-bond acceptors (Lipinski definition) is 5. The van der Waals surface area contributed by atoms with Gasteiger partial charge in [0.05, 0.1) is 12.1 Å². The van der Waals surface area contributed by atoms with E-state index in [4.69, 9.17) is 34.8 Å². The molecule has 0 spiro atoms. The fraction of sp³-hybridized carbons (Fsp3) is 0.391. The average Bonchev–Trinajstić information content (AvgIpc) is 3.46. The van der Waals surface area contributed by atoms with Crippen molar-refractivity contribution in [2.75, 3.05) is 6.61 Å². The largest absolute Gasteiger partial charge is 0.478 e. The number of aliphatic carboxylic acids is 2. The van der Waals surface area contributed by atoms with Gasteiger partial charge in [0, 0.05) is 37.8 Å². The van der Waals surface area contributed by atoms with Crippen LogP contribution in [0.3, 0.4) is 0 Å². The Hall–Kier alpha value is -3.17. The highest BCUT2D eigenvalue weighted by Gasteiger charge is 2.51. The lowest BCUT2D eigenvalue weighted by Gasteiger charge is -2.39. The van der Waals surface area contributed by atoms with Crippen LogP contribution < -0.4 is 0 Å². The summed E-state index contributed by atoms with van der Waals surface area (Å²) < 4.78 is 55.2. The summed E-state index contributed by atoms with van der Waals surface area (Å²) in [4.78, 5) is 37.2. The summed E-state index contributed by atoms with van der Waals surface area (Å²) in [5, 5.41) is 16.2. The van der Waals surface area contributed by atoms with E-state index in [0.29, 0.717) is 30.0 Å². The monoisotopic (exact) mass is 483 g/mol. The van der Waals surface area contributed by atoms with Crippen molar-refractivity contribution in [1.82, 2.24) is 14.5 Å². The van der Waals surface area contributed by atoms with Gasteiger partial charge in [-0.1, -0.05) is 23.7 Å². The summed E-state index contributed by atoms with van der Waals surface area (Å²) in [6.45, 7) is -5.09. The van der Waals surface area contributed by atoms with E-state index in [1.807, 2.05) is 12.1 Å². The lowest BCUT2D eigenvalue weighted by atomic mass is 9.99. The number of imidazole rings is 1. The second-order valence-electron chi connectivity index (χ2n) is 7.40. The second-order valence-corrected chi connectivity index (χ2v) is 7.84. The fourth-order valence-corrected chi connectivity index (χ4v) is 3.37. The quantitative estimate of drug-likeness (QED) is 0.594. The van der Waals surface area contributed by atoms with Crippen LogP contribution in [0, 0.1) is 0 Å². The zero-order valence-corrected chi connectivity index (χ0v) is 18.5. The number of halogens is 1. The molecule has 1 aromatic carbocycles. The molecule has 9 nitrogen and oxygen atoms in total. The van der Waals surface area contributed by atoms with Crippen LogP contribution in [-0.4, -0.2) is 60.5 Å². The molecule has 2 N–H and O–H groups in total. The summed E-state index contributed by atoms with van der Waals surface area (Å²) in [5.41, 5.74) is -2.91. The van der Waals surface area contributed by atoms with Crippen LogP contribution in [0.4, 0.5) is 4.79 Å². The van der Waals surface area contributed by atoms with E-state index < -0.39 is 49.5 Å². The number of nitrogens with zero attached hydrogens (tertiary/aromatic N) is 3. The number of aryl methyl sites for hydroxylation is 1. The smallest absolute Gasteiger partial charge is 0.332 e. The molecule has 0 aliphatic carbocycles. The van der Waals surface area contributed by atoms with Gasteiger partial charge in [-0.25, -0.2) is 19.4 Å². The minimum atomic E-state index is -3.01. The Kier molecular flexibility index (Phi) is 6.15. The minimum absolute atomic E-state index is 0.240. The van der Waals surface area contributed by atoms with Crippen molar-refractivity contribution in [2.24, 2.45) is 0 Å². The highest BCUT2D eigenvalue weighted by Crippen LogP contribution is 2.38. The third-order valence-corrected chi connectivity index (χ3v) is 5.00. The van der Waals surface area contributed by atoms with Gasteiger partial charge in [0.1, 0.15) is 12.1 Å². The van der Waals surface area contributed by atoms with Crippen molar-refractivity contribution in [3.05, 3.63) is 65.7 Å². The van der Waals surface area contributed by atoms with Crippen LogP contribution in [0.5, 0.6) is 0 Å². The van der Waals surface area contributed by atoms with Crippen LogP contribution in [0.25, 0.3) is 0 Å². The molecule has 2 heterocycles. The van der Waals surface area contributed by atoms with Gasteiger partial charge < -0.3 is 14.9 Å². The van der Waals surface area contributed by atoms with Gasteiger partial charge in [-0.3, -0.25) is 9.47 Å². The first-order valence-electron chi connectivity index (χ1n) is 12.8. The zero-order chi connectivity index (χ0) is 29.6. The van der Waals surface area contributed by atoms with Crippen LogP contribution in [-0.2, 0) is 20.7 Å². The van der Waals surface area contributed by atoms with Crippen molar-refractivity contribution in [3.8, 4) is 0 Å². The van der Waals surface area contributed by atoms with E-state index in [-0.39, 0.29) is 6.42 Å². The number of benzene rings is 1. The van der Waals surface area contributed by atoms with Crippen LogP contribution >= 0.6 is 11.6 Å². The van der Waals surface area contributed by atoms with Gasteiger partial charge >= 0.3 is 18.0 Å². The van der Waals surface area contributed by atoms with Crippen molar-refractivity contribution in [3.63, 3.8) is 0 Å². The Balaban J connectivity index is 0.000000580. The molecule has 1 saturated heterocycles. The number of aromatic nitrogens is 2. The third kappa shape index (κ3) is 7.44. The maximum atomic E-state index is 13.4. The number of amides is 1. The predicted octanol–water partition coefficient (Wildman–Crippen LogP) is 4.07. The van der Waals surface area contributed by atoms with E-state index in [9.17, 15) is 14.4 Å². The van der Waals surface area contributed by atoms with Gasteiger partial charge in [-0.15, -0.1) is 0 Å². The van der Waals surface area contributed by atoms with Crippen molar-refractivity contribution >= 4 is 29.6 Å². The fourth-order valence-electron chi connectivity index (χ4n) is 3.24. The highest BCUT2D eigenvalue weighted by atomic mass is 35.5. The van der Waals surface area contributed by atoms with Gasteiger partial charge in [0.25, 0.3) is 0 Å². The van der Waals surface area contributed by atoms with Gasteiger partial charge in [0.15, 0.2) is 0 Å². The lowest BCUT2D eigenvalue weighted by molar-refractivity contribution is -0.134. The molecule has 33 heavy (non-hydrogen) atoms. The van der Waals surface area contributed by atoms with Crippen LogP contribution in [0.15, 0.2) is 55.1 Å². The van der Waals surface area contributed by atoms with E-state index in [2.05, 4.69) is 4.98 Å². The number of ether oxygens (including phenoxy) is 1. The first kappa shape index (κ1) is 18.3. The molecule has 0 radical (unpaired) electrons. The molecule has 178 valence electrons. The van der Waals surface area contributed by atoms with Crippen LogP contribution in [0.2, 0.25) is 5.02 Å². The number of carbonyl (C=O) groups excluding carboxylic acids is 1. The Morgan fingerprint density at radius 1 is 1.21 bits per heavy atom. The standard InChI is InChI=1S/C19H24ClN3O2.C4H4O4/c1-18(2)13-25-19(3,23(18)17(24)22-12-11-21-14-22)10-4-5-15-6-8-16(20)9-7-15;5-3(6)1-2-4(7)8/h6-9,11-12,14H,4-5,10,13H2,1-3H3;1-2H,(H,5,6)(H,7,8)/b;2-1+/i1D3,2D3;. The molecule has 10 heteroatoms. The molecule has 2 aromatic rings. The van der Waals surface area contributed by atoms with E-state index in [1.165, 1.54) is 18.7 Å². The summed E-state index contributed by atoms with van der Waals surface area (Å²) in [7, 11) is 0. The molecule has 0 saturated carbocycles. The number of carboxylic acids is 2. The molecule has 1 aliphatic heterocycles. The third-order valence-electron chi connectivity index (χ3n) is 4.75. The molecule has 3 rings (SSSR count). The topological polar surface area (TPSA) is 122 Å². The van der Waals surface area contributed by atoms with E-state index in [0.717, 1.165) is 15.0 Å². The molecular weight excluding hydrogens is 450 g/mol. The highest BCUT2D eigenvalue weighted by molar-refractivity contribution is 6.30.